The van der Waals surface area contributed by atoms with E-state index < -0.39 is 0 Å². The normalized spacial score (nSPS) is 24.4. The summed E-state index contributed by atoms with van der Waals surface area (Å²) in [5.74, 6) is 1.01. The van der Waals surface area contributed by atoms with Gasteiger partial charge in [0, 0.05) is 30.7 Å². The molecular weight excluding hydrogens is 527 g/mol. The first kappa shape index (κ1) is 26.2. The summed E-state index contributed by atoms with van der Waals surface area (Å²) >= 11 is 0. The van der Waals surface area contributed by atoms with Crippen molar-refractivity contribution >= 4 is 41.5 Å². The predicted molar refractivity (Wildman–Crippen MR) is 147 cm³/mol. The fourth-order valence-electron chi connectivity index (χ4n) is 5.38. The van der Waals surface area contributed by atoms with Gasteiger partial charge in [-0.2, -0.15) is 0 Å². The number of hydrogen-bond acceptors (Lipinski definition) is 4. The quantitative estimate of drug-likeness (QED) is 0.314. The number of piperidine rings is 2. The number of carbonyl (C=O) groups is 1. The SMILES string of the molecule is CCNC(=NCC1(N2CCCCC2)CCN(C)CC1)NC1CC(=O)N(c2ccccc2)C1.I. The first-order chi connectivity index (χ1) is 15.6. The van der Waals surface area contributed by atoms with E-state index in [0.717, 1.165) is 37.8 Å². The van der Waals surface area contributed by atoms with Gasteiger partial charge in [0.25, 0.3) is 0 Å². The largest absolute Gasteiger partial charge is 0.357 e. The van der Waals surface area contributed by atoms with Gasteiger partial charge in [-0.25, -0.2) is 0 Å². The molecular formula is C25H41IN6O. The zero-order valence-electron chi connectivity index (χ0n) is 20.3. The van der Waals surface area contributed by atoms with Gasteiger partial charge in [0.15, 0.2) is 5.96 Å². The van der Waals surface area contributed by atoms with Crippen LogP contribution in [0.1, 0.15) is 45.4 Å². The standard InChI is InChI=1S/C25H40N6O.HI/c1-3-26-24(28-21-18-23(32)31(19-21)22-10-6-4-7-11-22)27-20-25(12-16-29(2)17-13-25)30-14-8-5-9-15-30;/h4,6-7,10-11,21H,3,5,8-9,12-20H2,1-2H3,(H2,26,27,28);1H. The molecule has 0 aliphatic carbocycles. The minimum absolute atomic E-state index is 0. The predicted octanol–water partition coefficient (Wildman–Crippen LogP) is 2.92. The van der Waals surface area contributed by atoms with E-state index >= 15 is 0 Å². The third-order valence-electron chi connectivity index (χ3n) is 7.35. The van der Waals surface area contributed by atoms with E-state index in [0.29, 0.717) is 13.0 Å². The molecule has 0 saturated carbocycles. The maximum atomic E-state index is 12.6. The average Bonchev–Trinajstić information content (AvgIpc) is 3.20. The van der Waals surface area contributed by atoms with Crippen molar-refractivity contribution in [2.75, 3.05) is 57.8 Å². The number of carbonyl (C=O) groups excluding carboxylic acids is 1. The van der Waals surface area contributed by atoms with E-state index in [2.05, 4.69) is 34.4 Å². The van der Waals surface area contributed by atoms with E-state index in [1.165, 1.54) is 45.2 Å². The molecule has 33 heavy (non-hydrogen) atoms. The molecule has 7 nitrogen and oxygen atoms in total. The summed E-state index contributed by atoms with van der Waals surface area (Å²) in [4.78, 5) is 24.8. The fraction of sp³-hybridized carbons (Fsp3) is 0.680. The molecule has 1 aromatic carbocycles. The highest BCUT2D eigenvalue weighted by Gasteiger charge is 2.40. The summed E-state index contributed by atoms with van der Waals surface area (Å²) in [6.07, 6.45) is 6.82. The number of hydrogen-bond donors (Lipinski definition) is 2. The number of nitrogens with one attached hydrogen (secondary N) is 2. The van der Waals surface area contributed by atoms with Gasteiger partial charge in [0.05, 0.1) is 12.6 Å². The molecule has 1 atom stereocenters. The van der Waals surface area contributed by atoms with Crippen molar-refractivity contribution in [3.05, 3.63) is 30.3 Å². The minimum atomic E-state index is 0. The number of anilines is 1. The van der Waals surface area contributed by atoms with Crippen LogP contribution in [0.3, 0.4) is 0 Å². The maximum Gasteiger partial charge on any atom is 0.229 e. The lowest BCUT2D eigenvalue weighted by atomic mass is 9.84. The highest BCUT2D eigenvalue weighted by atomic mass is 127. The van der Waals surface area contributed by atoms with Crippen molar-refractivity contribution in [2.24, 2.45) is 4.99 Å². The fourth-order valence-corrected chi connectivity index (χ4v) is 5.38. The van der Waals surface area contributed by atoms with Crippen LogP contribution in [0.25, 0.3) is 0 Å². The van der Waals surface area contributed by atoms with Crippen molar-refractivity contribution in [3.8, 4) is 0 Å². The van der Waals surface area contributed by atoms with Crippen LogP contribution in [0.15, 0.2) is 35.3 Å². The number of guanidine groups is 1. The summed E-state index contributed by atoms with van der Waals surface area (Å²) in [7, 11) is 2.23. The Morgan fingerprint density at radius 2 is 1.79 bits per heavy atom. The van der Waals surface area contributed by atoms with Gasteiger partial charge in [0.2, 0.25) is 5.91 Å². The molecule has 3 aliphatic heterocycles. The molecule has 3 heterocycles. The molecule has 0 radical (unpaired) electrons. The van der Waals surface area contributed by atoms with Crippen LogP contribution >= 0.6 is 24.0 Å². The van der Waals surface area contributed by atoms with Crippen LogP contribution in [0.2, 0.25) is 0 Å². The lowest BCUT2D eigenvalue weighted by Crippen LogP contribution is -2.58. The highest BCUT2D eigenvalue weighted by Crippen LogP contribution is 2.31. The molecule has 1 unspecified atom stereocenters. The molecule has 3 saturated heterocycles. The van der Waals surface area contributed by atoms with E-state index in [1.807, 2.05) is 35.2 Å². The lowest BCUT2D eigenvalue weighted by Gasteiger charge is -2.49. The van der Waals surface area contributed by atoms with Gasteiger partial charge in [0.1, 0.15) is 0 Å². The Morgan fingerprint density at radius 3 is 2.45 bits per heavy atom. The van der Waals surface area contributed by atoms with Crippen LogP contribution < -0.4 is 15.5 Å². The van der Waals surface area contributed by atoms with Gasteiger partial charge in [-0.3, -0.25) is 14.7 Å². The van der Waals surface area contributed by atoms with Gasteiger partial charge in [-0.05, 0) is 78.0 Å². The second-order valence-electron chi connectivity index (χ2n) is 9.66. The summed E-state index contributed by atoms with van der Waals surface area (Å²) in [5.41, 5.74) is 1.13. The zero-order valence-corrected chi connectivity index (χ0v) is 22.6. The number of benzene rings is 1. The van der Waals surface area contributed by atoms with Crippen molar-refractivity contribution in [2.45, 2.75) is 57.0 Å². The number of para-hydroxylation sites is 1. The monoisotopic (exact) mass is 568 g/mol. The van der Waals surface area contributed by atoms with Crippen molar-refractivity contribution in [1.82, 2.24) is 20.4 Å². The van der Waals surface area contributed by atoms with Crippen LogP contribution in [0.5, 0.6) is 0 Å². The van der Waals surface area contributed by atoms with Gasteiger partial charge < -0.3 is 20.4 Å². The average molecular weight is 569 g/mol. The second-order valence-corrected chi connectivity index (χ2v) is 9.66. The molecule has 4 rings (SSSR count). The van der Waals surface area contributed by atoms with Crippen LogP contribution in [0, 0.1) is 0 Å². The molecule has 8 heteroatoms. The van der Waals surface area contributed by atoms with Gasteiger partial charge >= 0.3 is 0 Å². The van der Waals surface area contributed by atoms with Crippen molar-refractivity contribution < 1.29 is 4.79 Å². The molecule has 184 valence electrons. The molecule has 1 aromatic rings. The van der Waals surface area contributed by atoms with Crippen molar-refractivity contribution in [1.29, 1.82) is 0 Å². The number of nitrogens with zero attached hydrogens (tertiary/aromatic N) is 4. The van der Waals surface area contributed by atoms with Crippen molar-refractivity contribution in [3.63, 3.8) is 0 Å². The Bertz CT molecular complexity index is 774. The highest BCUT2D eigenvalue weighted by molar-refractivity contribution is 14.0. The molecule has 1 amide bonds. The number of aliphatic imine (C=N–C) groups is 1. The lowest BCUT2D eigenvalue weighted by molar-refractivity contribution is -0.117. The Balaban J connectivity index is 0.00000306. The number of halogens is 1. The Morgan fingerprint density at radius 1 is 1.09 bits per heavy atom. The third-order valence-corrected chi connectivity index (χ3v) is 7.35. The maximum absolute atomic E-state index is 12.6. The molecule has 2 N–H and O–H groups in total. The summed E-state index contributed by atoms with van der Waals surface area (Å²) in [6, 6.07) is 10.0. The summed E-state index contributed by atoms with van der Waals surface area (Å²) < 4.78 is 0. The number of amides is 1. The first-order valence-electron chi connectivity index (χ1n) is 12.4. The molecule has 3 aliphatic rings. The molecule has 3 fully saturated rings. The first-order valence-corrected chi connectivity index (χ1v) is 12.4. The third kappa shape index (κ3) is 6.60. The smallest absolute Gasteiger partial charge is 0.229 e. The number of rotatable bonds is 6. The summed E-state index contributed by atoms with van der Waals surface area (Å²) in [6.45, 7) is 9.09. The van der Waals surface area contributed by atoms with E-state index in [1.54, 1.807) is 0 Å². The van der Waals surface area contributed by atoms with Crippen LogP contribution in [0.4, 0.5) is 5.69 Å². The zero-order chi connectivity index (χ0) is 22.4. The van der Waals surface area contributed by atoms with Crippen LogP contribution in [-0.2, 0) is 4.79 Å². The topological polar surface area (TPSA) is 63.2 Å². The number of likely N-dealkylation sites (tertiary alicyclic amines) is 2. The molecule has 0 bridgehead atoms. The summed E-state index contributed by atoms with van der Waals surface area (Å²) in [5, 5.41) is 6.99. The van der Waals surface area contributed by atoms with Gasteiger partial charge in [-0.1, -0.05) is 24.6 Å². The van der Waals surface area contributed by atoms with E-state index in [9.17, 15) is 4.79 Å². The van der Waals surface area contributed by atoms with E-state index in [-0.39, 0.29) is 41.5 Å². The second kappa shape index (κ2) is 12.4. The van der Waals surface area contributed by atoms with Crippen LogP contribution in [-0.4, -0.2) is 86.1 Å². The molecule has 0 spiro atoms. The van der Waals surface area contributed by atoms with E-state index in [4.69, 9.17) is 4.99 Å². The van der Waals surface area contributed by atoms with Gasteiger partial charge in [-0.15, -0.1) is 24.0 Å². The Kier molecular flexibility index (Phi) is 9.81. The Labute approximate surface area is 216 Å². The minimum Gasteiger partial charge on any atom is -0.357 e. The Hall–Kier alpha value is -1.39. The molecule has 0 aromatic heterocycles.